The summed E-state index contributed by atoms with van der Waals surface area (Å²) in [5.41, 5.74) is 6.72. The van der Waals surface area contributed by atoms with Gasteiger partial charge in [0.15, 0.2) is 0 Å². The van der Waals surface area contributed by atoms with Crippen LogP contribution in [0.15, 0.2) is 47.3 Å². The van der Waals surface area contributed by atoms with Gasteiger partial charge in [0.2, 0.25) is 5.91 Å². The fourth-order valence-corrected chi connectivity index (χ4v) is 4.56. The molecule has 1 aliphatic heterocycles. The molecule has 1 N–H and O–H groups in total. The molecule has 6 nitrogen and oxygen atoms in total. The van der Waals surface area contributed by atoms with Crippen LogP contribution in [-0.4, -0.2) is 26.9 Å². The number of carbonyl (C=O) groups excluding carboxylic acids is 1. The lowest BCUT2D eigenvalue weighted by atomic mass is 10.0. The molecule has 0 radical (unpaired) electrons. The molecule has 0 fully saturated rings. The third kappa shape index (κ3) is 4.65. The van der Waals surface area contributed by atoms with Crippen molar-refractivity contribution in [1.82, 2.24) is 14.5 Å². The predicted molar refractivity (Wildman–Crippen MR) is 127 cm³/mol. The first-order valence-electron chi connectivity index (χ1n) is 11.0. The molecule has 0 spiro atoms. The Kier molecular flexibility index (Phi) is 6.24. The minimum atomic E-state index is -0.214. The van der Waals surface area contributed by atoms with Crippen LogP contribution in [-0.2, 0) is 30.8 Å². The van der Waals surface area contributed by atoms with E-state index in [1.54, 1.807) is 6.92 Å². The minimum absolute atomic E-state index is 0.0363. The Morgan fingerprint density at radius 1 is 1.06 bits per heavy atom. The van der Waals surface area contributed by atoms with Crippen molar-refractivity contribution < 1.29 is 4.79 Å². The highest BCUT2D eigenvalue weighted by atomic mass is 16.2. The van der Waals surface area contributed by atoms with Crippen molar-refractivity contribution in [2.24, 2.45) is 0 Å². The van der Waals surface area contributed by atoms with E-state index in [1.807, 2.05) is 51.1 Å². The third-order valence-electron chi connectivity index (χ3n) is 6.08. The molecular weight excluding hydrogens is 400 g/mol. The predicted octanol–water partition coefficient (Wildman–Crippen LogP) is 3.67. The summed E-state index contributed by atoms with van der Waals surface area (Å²) in [6, 6.07) is 14.4. The van der Waals surface area contributed by atoms with Crippen LogP contribution < -0.4 is 10.9 Å². The molecule has 2 heterocycles. The van der Waals surface area contributed by atoms with Gasteiger partial charge >= 0.3 is 0 Å². The van der Waals surface area contributed by atoms with Crippen molar-refractivity contribution in [3.8, 4) is 0 Å². The van der Waals surface area contributed by atoms with Crippen LogP contribution in [0.3, 0.4) is 0 Å². The Bertz CT molecular complexity index is 1190. The van der Waals surface area contributed by atoms with E-state index in [0.717, 1.165) is 46.7 Å². The van der Waals surface area contributed by atoms with Crippen molar-refractivity contribution in [3.05, 3.63) is 92.2 Å². The normalized spacial score (nSPS) is 13.6. The fraction of sp³-hybridized carbons (Fsp3) is 0.346. The van der Waals surface area contributed by atoms with Crippen LogP contribution in [0.1, 0.15) is 39.3 Å². The maximum atomic E-state index is 13.2. The smallest absolute Gasteiger partial charge is 0.257 e. The van der Waals surface area contributed by atoms with Crippen molar-refractivity contribution in [3.63, 3.8) is 0 Å². The molecule has 0 bridgehead atoms. The molecule has 1 aromatic heterocycles. The molecule has 0 unspecified atom stereocenters. The van der Waals surface area contributed by atoms with E-state index < -0.39 is 0 Å². The number of hydrogen-bond donors (Lipinski definition) is 1. The maximum absolute atomic E-state index is 13.2. The zero-order chi connectivity index (χ0) is 22.8. The van der Waals surface area contributed by atoms with Crippen LogP contribution in [0.4, 0.5) is 5.69 Å². The lowest BCUT2D eigenvalue weighted by Gasteiger charge is -2.28. The number of amides is 1. The van der Waals surface area contributed by atoms with Gasteiger partial charge in [0.05, 0.1) is 5.69 Å². The Morgan fingerprint density at radius 3 is 2.44 bits per heavy atom. The number of anilines is 1. The zero-order valence-corrected chi connectivity index (χ0v) is 19.2. The lowest BCUT2D eigenvalue weighted by molar-refractivity contribution is -0.116. The third-order valence-corrected chi connectivity index (χ3v) is 6.08. The molecule has 4 rings (SSSR count). The van der Waals surface area contributed by atoms with Gasteiger partial charge in [-0.1, -0.05) is 48.0 Å². The lowest BCUT2D eigenvalue weighted by Crippen LogP contribution is -2.39. The second-order valence-corrected chi connectivity index (χ2v) is 8.74. The first-order valence-corrected chi connectivity index (χ1v) is 11.0. The zero-order valence-electron chi connectivity index (χ0n) is 19.2. The highest BCUT2D eigenvalue weighted by Gasteiger charge is 2.23. The molecule has 0 saturated heterocycles. The summed E-state index contributed by atoms with van der Waals surface area (Å²) in [6.07, 6.45) is 0.645. The van der Waals surface area contributed by atoms with E-state index in [0.29, 0.717) is 18.8 Å². The summed E-state index contributed by atoms with van der Waals surface area (Å²) >= 11 is 0. The first-order chi connectivity index (χ1) is 15.3. The summed E-state index contributed by atoms with van der Waals surface area (Å²) < 4.78 is 1.50. The number of nitrogens with one attached hydrogen (secondary N) is 1. The topological polar surface area (TPSA) is 67.2 Å². The minimum Gasteiger partial charge on any atom is -0.324 e. The number of aryl methyl sites for hydroxylation is 4. The van der Waals surface area contributed by atoms with Gasteiger partial charge in [-0.3, -0.25) is 19.1 Å². The summed E-state index contributed by atoms with van der Waals surface area (Å²) in [5, 5.41) is 2.99. The standard InChI is InChI=1S/C26H30N4O2/c1-17-12-18(2)25(19(3)13-17)28-24(31)16-30-20(4)27-23-15-29(11-10-22(23)26(30)32)14-21-8-6-5-7-9-21/h5-9,12-13H,10-11,14-16H2,1-4H3,(H,28,31). The molecule has 0 saturated carbocycles. The van der Waals surface area contributed by atoms with Crippen LogP contribution in [0.5, 0.6) is 0 Å². The first kappa shape index (κ1) is 22.0. The van der Waals surface area contributed by atoms with Crippen LogP contribution in [0.25, 0.3) is 0 Å². The summed E-state index contributed by atoms with van der Waals surface area (Å²) in [5.74, 6) is 0.358. The maximum Gasteiger partial charge on any atom is 0.257 e. The Morgan fingerprint density at radius 2 is 1.75 bits per heavy atom. The number of aromatic nitrogens is 2. The van der Waals surface area contributed by atoms with Crippen molar-refractivity contribution in [1.29, 1.82) is 0 Å². The Hall–Kier alpha value is -3.25. The van der Waals surface area contributed by atoms with Gasteiger partial charge in [0.25, 0.3) is 5.56 Å². The Balaban J connectivity index is 1.51. The molecule has 1 aliphatic rings. The highest BCUT2D eigenvalue weighted by Crippen LogP contribution is 2.22. The number of rotatable bonds is 5. The molecule has 32 heavy (non-hydrogen) atoms. The quantitative estimate of drug-likeness (QED) is 0.671. The van der Waals surface area contributed by atoms with Gasteiger partial charge in [-0.25, -0.2) is 4.98 Å². The highest BCUT2D eigenvalue weighted by molar-refractivity contribution is 5.92. The number of fused-ring (bicyclic) bond motifs is 1. The second kappa shape index (κ2) is 9.09. The number of nitrogens with zero attached hydrogens (tertiary/aromatic N) is 3. The van der Waals surface area contributed by atoms with Gasteiger partial charge in [-0.2, -0.15) is 0 Å². The van der Waals surface area contributed by atoms with Gasteiger partial charge < -0.3 is 5.32 Å². The SMILES string of the molecule is Cc1cc(C)c(NC(=O)Cn2c(C)nc3c(c2=O)CCN(Cc2ccccc2)C3)c(C)c1. The largest absolute Gasteiger partial charge is 0.324 e. The van der Waals surface area contributed by atoms with Crippen LogP contribution in [0.2, 0.25) is 0 Å². The average molecular weight is 431 g/mol. The second-order valence-electron chi connectivity index (χ2n) is 8.74. The molecule has 0 atom stereocenters. The molecular formula is C26H30N4O2. The summed E-state index contributed by atoms with van der Waals surface area (Å²) in [6.45, 7) is 10.0. The van der Waals surface area contributed by atoms with E-state index in [9.17, 15) is 9.59 Å². The van der Waals surface area contributed by atoms with Crippen molar-refractivity contribution >= 4 is 11.6 Å². The van der Waals surface area contributed by atoms with E-state index in [1.165, 1.54) is 10.1 Å². The molecule has 3 aromatic rings. The van der Waals surface area contributed by atoms with Crippen LogP contribution in [0, 0.1) is 27.7 Å². The summed E-state index contributed by atoms with van der Waals surface area (Å²) in [7, 11) is 0. The summed E-state index contributed by atoms with van der Waals surface area (Å²) in [4.78, 5) is 33.0. The van der Waals surface area contributed by atoms with Gasteiger partial charge in [-0.05, 0) is 50.8 Å². The molecule has 166 valence electrons. The molecule has 0 aliphatic carbocycles. The molecule has 6 heteroatoms. The van der Waals surface area contributed by atoms with E-state index >= 15 is 0 Å². The van der Waals surface area contributed by atoms with Gasteiger partial charge in [0.1, 0.15) is 12.4 Å². The van der Waals surface area contributed by atoms with Gasteiger partial charge in [0, 0.05) is 30.9 Å². The van der Waals surface area contributed by atoms with Crippen molar-refractivity contribution in [2.45, 2.75) is 53.8 Å². The van der Waals surface area contributed by atoms with Gasteiger partial charge in [-0.15, -0.1) is 0 Å². The molecule has 1 amide bonds. The average Bonchev–Trinajstić information content (AvgIpc) is 2.74. The van der Waals surface area contributed by atoms with E-state index in [2.05, 4.69) is 22.3 Å². The van der Waals surface area contributed by atoms with E-state index in [-0.39, 0.29) is 18.0 Å². The monoisotopic (exact) mass is 430 g/mol. The fourth-order valence-electron chi connectivity index (χ4n) is 4.56. The van der Waals surface area contributed by atoms with Crippen LogP contribution >= 0.6 is 0 Å². The van der Waals surface area contributed by atoms with E-state index in [4.69, 9.17) is 4.98 Å². The number of carbonyl (C=O) groups is 1. The number of benzene rings is 2. The molecule has 2 aromatic carbocycles. The number of hydrogen-bond acceptors (Lipinski definition) is 4. The van der Waals surface area contributed by atoms with Crippen molar-refractivity contribution in [2.75, 3.05) is 11.9 Å². The Labute approximate surface area is 188 Å².